The Kier molecular flexibility index (Phi) is 6.78. The molecule has 2 aromatic carbocycles. The highest BCUT2D eigenvalue weighted by Crippen LogP contribution is 2.34. The fourth-order valence-electron chi connectivity index (χ4n) is 2.63. The number of carbonyl (C=O) groups excluding carboxylic acids is 1. The second-order valence-electron chi connectivity index (χ2n) is 5.86. The van der Waals surface area contributed by atoms with Gasteiger partial charge in [0.25, 0.3) is 0 Å². The zero-order valence-electron chi connectivity index (χ0n) is 15.4. The molecule has 26 heavy (non-hydrogen) atoms. The van der Waals surface area contributed by atoms with Gasteiger partial charge in [-0.2, -0.15) is 0 Å². The Morgan fingerprint density at radius 2 is 1.31 bits per heavy atom. The molecule has 2 aromatic rings. The minimum Gasteiger partial charge on any atom is -0.497 e. The second-order valence-corrected chi connectivity index (χ2v) is 5.86. The summed E-state index contributed by atoms with van der Waals surface area (Å²) in [6.07, 6.45) is -0.0296. The van der Waals surface area contributed by atoms with Gasteiger partial charge < -0.3 is 14.2 Å². The minimum absolute atomic E-state index is 0.0296. The average Bonchev–Trinajstić information content (AvgIpc) is 2.68. The van der Waals surface area contributed by atoms with E-state index in [9.17, 15) is 4.79 Å². The van der Waals surface area contributed by atoms with Crippen LogP contribution in [-0.4, -0.2) is 27.3 Å². The number of rotatable bonds is 7. The van der Waals surface area contributed by atoms with E-state index in [0.29, 0.717) is 28.2 Å². The van der Waals surface area contributed by atoms with Crippen molar-refractivity contribution in [1.82, 2.24) is 0 Å². The summed E-state index contributed by atoms with van der Waals surface area (Å²) in [5, 5.41) is 0. The molecule has 4 nitrogen and oxygen atoms in total. The summed E-state index contributed by atoms with van der Waals surface area (Å²) >= 11 is 0. The topological polar surface area (TPSA) is 44.8 Å². The molecule has 0 amide bonds. The van der Waals surface area contributed by atoms with Gasteiger partial charge in [0.1, 0.15) is 17.3 Å². The number of benzene rings is 2. The van der Waals surface area contributed by atoms with Crippen molar-refractivity contribution >= 4 is 11.5 Å². The van der Waals surface area contributed by atoms with Crippen LogP contribution in [0.2, 0.25) is 0 Å². The summed E-state index contributed by atoms with van der Waals surface area (Å²) in [7, 11) is 4.45. The van der Waals surface area contributed by atoms with E-state index in [1.807, 2.05) is 0 Å². The number of carbonyl (C=O) groups is 1. The van der Waals surface area contributed by atoms with Crippen LogP contribution in [0.15, 0.2) is 54.4 Å². The molecule has 0 spiro atoms. The summed E-state index contributed by atoms with van der Waals surface area (Å²) in [5.41, 5.74) is 1.84. The van der Waals surface area contributed by atoms with Crippen LogP contribution in [0.25, 0.3) is 5.57 Å². The van der Waals surface area contributed by atoms with E-state index in [0.717, 1.165) is 0 Å². The molecule has 138 valence electrons. The Morgan fingerprint density at radius 1 is 0.885 bits per heavy atom. The van der Waals surface area contributed by atoms with Gasteiger partial charge in [0.2, 0.25) is 0 Å². The zero-order valence-corrected chi connectivity index (χ0v) is 15.4. The van der Waals surface area contributed by atoms with Crippen molar-refractivity contribution < 1.29 is 23.4 Å². The molecule has 1 unspecified atom stereocenters. The Bertz CT molecular complexity index is 714. The molecule has 0 saturated carbocycles. The molecule has 0 radical (unpaired) electrons. The SMILES string of the molecule is COC(=O)CC(C)C(F)=C(c1ccc(OC)cc1)c1ccc(OC)cc1. The van der Waals surface area contributed by atoms with Crippen LogP contribution in [0.5, 0.6) is 11.5 Å². The number of methoxy groups -OCH3 is 3. The van der Waals surface area contributed by atoms with Crippen molar-refractivity contribution in [2.45, 2.75) is 13.3 Å². The normalized spacial score (nSPS) is 11.4. The van der Waals surface area contributed by atoms with Gasteiger partial charge in [-0.15, -0.1) is 0 Å². The van der Waals surface area contributed by atoms with Gasteiger partial charge in [0.15, 0.2) is 0 Å². The average molecular weight is 358 g/mol. The molecule has 0 aromatic heterocycles. The zero-order chi connectivity index (χ0) is 19.1. The number of esters is 1. The molecule has 0 aliphatic carbocycles. The number of allylic oxidation sites excluding steroid dienone is 1. The molecule has 0 saturated heterocycles. The van der Waals surface area contributed by atoms with Gasteiger partial charge in [-0.05, 0) is 35.4 Å². The van der Waals surface area contributed by atoms with Crippen LogP contribution >= 0.6 is 0 Å². The summed E-state index contributed by atoms with van der Waals surface area (Å²) in [5.74, 6) is -0.0551. The third-order valence-electron chi connectivity index (χ3n) is 4.13. The van der Waals surface area contributed by atoms with E-state index in [1.54, 1.807) is 69.7 Å². The first-order valence-electron chi connectivity index (χ1n) is 8.25. The largest absolute Gasteiger partial charge is 0.497 e. The number of halogens is 1. The predicted octanol–water partition coefficient (Wildman–Crippen LogP) is 4.63. The highest BCUT2D eigenvalue weighted by Gasteiger charge is 2.20. The highest BCUT2D eigenvalue weighted by molar-refractivity contribution is 5.82. The van der Waals surface area contributed by atoms with Gasteiger partial charge in [-0.25, -0.2) is 4.39 Å². The first kappa shape index (κ1) is 19.5. The fraction of sp³-hybridized carbons (Fsp3) is 0.286. The van der Waals surface area contributed by atoms with Crippen LogP contribution in [0.3, 0.4) is 0 Å². The lowest BCUT2D eigenvalue weighted by atomic mass is 9.92. The molecular weight excluding hydrogens is 335 g/mol. The Morgan fingerprint density at radius 3 is 1.65 bits per heavy atom. The number of hydrogen-bond donors (Lipinski definition) is 0. The molecule has 1 atom stereocenters. The van der Waals surface area contributed by atoms with E-state index in [2.05, 4.69) is 4.74 Å². The number of hydrogen-bond acceptors (Lipinski definition) is 4. The summed E-state index contributed by atoms with van der Waals surface area (Å²) in [6.45, 7) is 1.67. The number of ether oxygens (including phenoxy) is 3. The molecule has 0 fully saturated rings. The summed E-state index contributed by atoms with van der Waals surface area (Å²) in [4.78, 5) is 11.5. The first-order valence-corrected chi connectivity index (χ1v) is 8.25. The van der Waals surface area contributed by atoms with E-state index < -0.39 is 11.9 Å². The minimum atomic E-state index is -0.610. The van der Waals surface area contributed by atoms with E-state index in [4.69, 9.17) is 9.47 Å². The summed E-state index contributed by atoms with van der Waals surface area (Å²) < 4.78 is 30.3. The Hall–Kier alpha value is -2.82. The van der Waals surface area contributed by atoms with Crippen molar-refractivity contribution in [3.8, 4) is 11.5 Å². The standard InChI is InChI=1S/C21H23FO4/c1-14(13-19(23)26-4)21(22)20(15-5-9-17(24-2)10-6-15)16-7-11-18(25-3)12-8-16/h5-12,14H,13H2,1-4H3. The maximum atomic E-state index is 15.3. The first-order chi connectivity index (χ1) is 12.5. The molecule has 0 N–H and O–H groups in total. The predicted molar refractivity (Wildman–Crippen MR) is 98.9 cm³/mol. The van der Waals surface area contributed by atoms with E-state index >= 15 is 4.39 Å². The van der Waals surface area contributed by atoms with Crippen molar-refractivity contribution in [2.75, 3.05) is 21.3 Å². The van der Waals surface area contributed by atoms with Gasteiger partial charge >= 0.3 is 5.97 Å². The van der Waals surface area contributed by atoms with Crippen molar-refractivity contribution in [3.05, 3.63) is 65.5 Å². The van der Waals surface area contributed by atoms with Crippen molar-refractivity contribution in [1.29, 1.82) is 0 Å². The molecule has 2 rings (SSSR count). The third-order valence-corrected chi connectivity index (χ3v) is 4.13. The molecule has 0 heterocycles. The molecule has 0 bridgehead atoms. The van der Waals surface area contributed by atoms with Crippen LogP contribution in [0, 0.1) is 5.92 Å². The maximum Gasteiger partial charge on any atom is 0.306 e. The van der Waals surface area contributed by atoms with Gasteiger partial charge in [0, 0.05) is 11.5 Å². The van der Waals surface area contributed by atoms with Crippen LogP contribution in [-0.2, 0) is 9.53 Å². The van der Waals surface area contributed by atoms with Crippen LogP contribution in [0.1, 0.15) is 24.5 Å². The fourth-order valence-corrected chi connectivity index (χ4v) is 2.63. The highest BCUT2D eigenvalue weighted by atomic mass is 19.1. The smallest absolute Gasteiger partial charge is 0.306 e. The molecule has 5 heteroatoms. The van der Waals surface area contributed by atoms with Crippen molar-refractivity contribution in [2.24, 2.45) is 5.92 Å². The quantitative estimate of drug-likeness (QED) is 0.677. The maximum absolute atomic E-state index is 15.3. The van der Waals surface area contributed by atoms with Crippen LogP contribution in [0.4, 0.5) is 4.39 Å². The molecule has 0 aliphatic heterocycles. The van der Waals surface area contributed by atoms with Gasteiger partial charge in [0.05, 0.1) is 27.8 Å². The Balaban J connectivity index is 2.51. The van der Waals surface area contributed by atoms with Gasteiger partial charge in [-0.1, -0.05) is 31.2 Å². The summed E-state index contributed by atoms with van der Waals surface area (Å²) in [6, 6.07) is 14.3. The van der Waals surface area contributed by atoms with E-state index in [1.165, 1.54) is 7.11 Å². The lowest BCUT2D eigenvalue weighted by Gasteiger charge is -2.16. The lowest BCUT2D eigenvalue weighted by Crippen LogP contribution is -2.09. The lowest BCUT2D eigenvalue weighted by molar-refractivity contribution is -0.141. The third kappa shape index (κ3) is 4.63. The van der Waals surface area contributed by atoms with Crippen molar-refractivity contribution in [3.63, 3.8) is 0 Å². The van der Waals surface area contributed by atoms with Gasteiger partial charge in [-0.3, -0.25) is 4.79 Å². The monoisotopic (exact) mass is 358 g/mol. The Labute approximate surface area is 153 Å². The second kappa shape index (κ2) is 9.04. The molecular formula is C21H23FO4. The van der Waals surface area contributed by atoms with Crippen LogP contribution < -0.4 is 9.47 Å². The van der Waals surface area contributed by atoms with E-state index in [-0.39, 0.29) is 12.2 Å². The molecule has 0 aliphatic rings.